The number of sulfone groups is 1. The molecule has 7 aromatic carbocycles. The summed E-state index contributed by atoms with van der Waals surface area (Å²) < 4.78 is 28.3. The Morgan fingerprint density at radius 1 is 0.365 bits per heavy atom. The first kappa shape index (κ1) is 31.6. The summed E-state index contributed by atoms with van der Waals surface area (Å²) in [5.74, 6) is 0.645. The lowest BCUT2D eigenvalue weighted by Crippen LogP contribution is -2.57. The summed E-state index contributed by atoms with van der Waals surface area (Å²) in [6, 6.07) is 62.3. The number of benzene rings is 7. The van der Waals surface area contributed by atoms with Crippen LogP contribution in [-0.4, -0.2) is 25.1 Å². The highest BCUT2D eigenvalue weighted by Crippen LogP contribution is 2.33. The Labute approximate surface area is 304 Å². The van der Waals surface area contributed by atoms with Crippen LogP contribution in [0.4, 0.5) is 0 Å². The molecule has 0 N–H and O–H groups in total. The quantitative estimate of drug-likeness (QED) is 0.165. The van der Waals surface area contributed by atoms with E-state index in [0.717, 1.165) is 66.7 Å². The Bertz CT molecular complexity index is 2640. The maximum Gasteiger partial charge on any atom is 0.244 e. The lowest BCUT2D eigenvalue weighted by molar-refractivity contribution is 0.597. The minimum Gasteiger partial charge on any atom is -0.228 e. The molecule has 2 heterocycles. The molecular weight excluding hydrogens is 655 g/mol. The Hall–Kier alpha value is -6.37. The molecule has 0 saturated heterocycles. The molecule has 0 fully saturated rings. The van der Waals surface area contributed by atoms with E-state index < -0.39 is 9.84 Å². The SMILES string of the molecule is O=S1(=O)c2ccccc2B(c2ccccc2)c2ccc(-c3cccc(-c4cccc(-c5nc(-c6ccccc6)cc(-c6ccccc6)n5)c4)c3)cc21. The molecule has 1 aliphatic rings. The van der Waals surface area contributed by atoms with Gasteiger partial charge in [-0.15, -0.1) is 0 Å². The van der Waals surface area contributed by atoms with Crippen molar-refractivity contribution in [1.82, 2.24) is 9.97 Å². The van der Waals surface area contributed by atoms with Gasteiger partial charge in [-0.05, 0) is 63.5 Å². The van der Waals surface area contributed by atoms with E-state index in [2.05, 4.69) is 60.7 Å². The number of hydrogen-bond donors (Lipinski definition) is 0. The van der Waals surface area contributed by atoms with Gasteiger partial charge >= 0.3 is 0 Å². The van der Waals surface area contributed by atoms with E-state index >= 15 is 0 Å². The number of nitrogens with zero attached hydrogens (tertiary/aromatic N) is 2. The molecule has 9 rings (SSSR count). The van der Waals surface area contributed by atoms with Crippen molar-refractivity contribution in [2.24, 2.45) is 0 Å². The molecule has 0 spiro atoms. The van der Waals surface area contributed by atoms with Crippen LogP contribution in [0, 0.1) is 0 Å². The van der Waals surface area contributed by atoms with Crippen molar-refractivity contribution in [2.75, 3.05) is 0 Å². The van der Waals surface area contributed by atoms with E-state index in [0.29, 0.717) is 15.6 Å². The van der Waals surface area contributed by atoms with Gasteiger partial charge in [0.25, 0.3) is 0 Å². The molecule has 8 aromatic rings. The number of fused-ring (bicyclic) bond motifs is 2. The number of hydrogen-bond acceptors (Lipinski definition) is 4. The van der Waals surface area contributed by atoms with Gasteiger partial charge in [0.15, 0.2) is 5.82 Å². The molecule has 0 saturated carbocycles. The Morgan fingerprint density at radius 3 is 1.44 bits per heavy atom. The smallest absolute Gasteiger partial charge is 0.228 e. The van der Waals surface area contributed by atoms with E-state index in [9.17, 15) is 8.42 Å². The molecule has 0 bridgehead atoms. The van der Waals surface area contributed by atoms with Gasteiger partial charge in [0.1, 0.15) is 0 Å². The normalized spacial score (nSPS) is 12.9. The maximum absolute atomic E-state index is 14.1. The molecule has 0 aliphatic carbocycles. The second kappa shape index (κ2) is 13.1. The van der Waals surface area contributed by atoms with Gasteiger partial charge in [0.2, 0.25) is 16.6 Å². The summed E-state index contributed by atoms with van der Waals surface area (Å²) >= 11 is 0. The predicted octanol–water partition coefficient (Wildman–Crippen LogP) is 8.47. The van der Waals surface area contributed by atoms with Gasteiger partial charge in [-0.1, -0.05) is 163 Å². The highest BCUT2D eigenvalue weighted by atomic mass is 32.2. The largest absolute Gasteiger partial charge is 0.244 e. The van der Waals surface area contributed by atoms with E-state index in [-0.39, 0.29) is 6.71 Å². The van der Waals surface area contributed by atoms with Crippen molar-refractivity contribution < 1.29 is 8.42 Å². The summed E-state index contributed by atoms with van der Waals surface area (Å²) in [4.78, 5) is 10.8. The van der Waals surface area contributed by atoms with Crippen molar-refractivity contribution in [3.63, 3.8) is 0 Å². The summed E-state index contributed by atoms with van der Waals surface area (Å²) in [6.07, 6.45) is 0. The fourth-order valence-corrected chi connectivity index (χ4v) is 9.01. The monoisotopic (exact) mass is 686 g/mol. The van der Waals surface area contributed by atoms with Crippen molar-refractivity contribution in [3.05, 3.63) is 188 Å². The molecule has 4 nitrogen and oxygen atoms in total. The lowest BCUT2D eigenvalue weighted by Gasteiger charge is -2.27. The van der Waals surface area contributed by atoms with Crippen LogP contribution in [0.15, 0.2) is 198 Å². The molecule has 246 valence electrons. The van der Waals surface area contributed by atoms with E-state index in [4.69, 9.17) is 9.97 Å². The minimum absolute atomic E-state index is 0.177. The molecule has 6 heteroatoms. The van der Waals surface area contributed by atoms with Crippen molar-refractivity contribution in [1.29, 1.82) is 0 Å². The van der Waals surface area contributed by atoms with Gasteiger partial charge in [0, 0.05) is 16.7 Å². The maximum atomic E-state index is 14.1. The van der Waals surface area contributed by atoms with Crippen LogP contribution in [0.25, 0.3) is 56.2 Å². The van der Waals surface area contributed by atoms with Crippen LogP contribution < -0.4 is 16.4 Å². The average Bonchev–Trinajstić information content (AvgIpc) is 3.22. The highest BCUT2D eigenvalue weighted by Gasteiger charge is 2.38. The molecule has 1 aromatic heterocycles. The topological polar surface area (TPSA) is 59.9 Å². The second-order valence-electron chi connectivity index (χ2n) is 13.0. The molecule has 52 heavy (non-hydrogen) atoms. The summed E-state index contributed by atoms with van der Waals surface area (Å²) in [7, 11) is -3.73. The first-order valence-electron chi connectivity index (χ1n) is 17.3. The van der Waals surface area contributed by atoms with Crippen LogP contribution >= 0.6 is 0 Å². The molecule has 0 unspecified atom stereocenters. The first-order chi connectivity index (χ1) is 25.5. The van der Waals surface area contributed by atoms with E-state index in [1.807, 2.05) is 115 Å². The fourth-order valence-electron chi connectivity index (χ4n) is 7.25. The minimum atomic E-state index is -3.73. The van der Waals surface area contributed by atoms with E-state index in [1.54, 1.807) is 12.1 Å². The highest BCUT2D eigenvalue weighted by molar-refractivity contribution is 7.92. The average molecular weight is 687 g/mol. The van der Waals surface area contributed by atoms with Gasteiger partial charge in [-0.25, -0.2) is 18.4 Å². The Morgan fingerprint density at radius 2 is 0.827 bits per heavy atom. The third-order valence-electron chi connectivity index (χ3n) is 9.78. The first-order valence-corrected chi connectivity index (χ1v) is 18.8. The van der Waals surface area contributed by atoms with Crippen molar-refractivity contribution in [3.8, 4) is 56.2 Å². The third kappa shape index (κ3) is 5.73. The predicted molar refractivity (Wildman–Crippen MR) is 212 cm³/mol. The Kier molecular flexibility index (Phi) is 7.94. The zero-order valence-corrected chi connectivity index (χ0v) is 28.9. The van der Waals surface area contributed by atoms with Crippen molar-refractivity contribution >= 4 is 32.9 Å². The summed E-state index contributed by atoms with van der Waals surface area (Å²) in [5, 5.41) is 0. The standard InChI is InChI=1S/C46H31BN2O2S/c50-52(51)44-25-11-10-24-40(44)47(39-22-8-3-9-23-39)41-27-26-37(30-45(41)52)35-19-12-18-34(28-35)36-20-13-21-38(29-36)46-48-42(32-14-4-1-5-15-32)31-43(49-46)33-16-6-2-7-17-33/h1-31H. The van der Waals surface area contributed by atoms with Crippen LogP contribution in [0.2, 0.25) is 0 Å². The molecule has 0 atom stereocenters. The zero-order valence-electron chi connectivity index (χ0n) is 28.1. The van der Waals surface area contributed by atoms with Crippen LogP contribution in [0.3, 0.4) is 0 Å². The molecule has 0 radical (unpaired) electrons. The zero-order chi connectivity index (χ0) is 35.1. The van der Waals surface area contributed by atoms with Crippen molar-refractivity contribution in [2.45, 2.75) is 9.79 Å². The third-order valence-corrected chi connectivity index (χ3v) is 11.7. The van der Waals surface area contributed by atoms with Gasteiger partial charge in [-0.3, -0.25) is 0 Å². The number of aromatic nitrogens is 2. The molecular formula is C46H31BN2O2S. The molecule has 0 amide bonds. The van der Waals surface area contributed by atoms with Gasteiger partial charge in [-0.2, -0.15) is 0 Å². The van der Waals surface area contributed by atoms with Gasteiger partial charge < -0.3 is 0 Å². The summed E-state index contributed by atoms with van der Waals surface area (Å²) in [5.41, 5.74) is 11.1. The number of rotatable bonds is 6. The van der Waals surface area contributed by atoms with Gasteiger partial charge in [0.05, 0.1) is 21.2 Å². The lowest BCUT2D eigenvalue weighted by atomic mass is 9.36. The van der Waals surface area contributed by atoms with Crippen LogP contribution in [0.1, 0.15) is 0 Å². The van der Waals surface area contributed by atoms with Crippen LogP contribution in [0.5, 0.6) is 0 Å². The van der Waals surface area contributed by atoms with E-state index in [1.165, 1.54) is 0 Å². The summed E-state index contributed by atoms with van der Waals surface area (Å²) in [6.45, 7) is -0.177. The van der Waals surface area contributed by atoms with Crippen LogP contribution in [-0.2, 0) is 9.84 Å². The fraction of sp³-hybridized carbons (Fsp3) is 0. The molecule has 1 aliphatic heterocycles. The Balaban J connectivity index is 1.11. The second-order valence-corrected chi connectivity index (χ2v) is 14.9.